The number of halogens is 2. The van der Waals surface area contributed by atoms with Gasteiger partial charge in [-0.3, -0.25) is 14.9 Å². The van der Waals surface area contributed by atoms with Crippen LogP contribution in [0.25, 0.3) is 16.3 Å². The minimum Gasteiger partial charge on any atom is -0.318 e. The van der Waals surface area contributed by atoms with Gasteiger partial charge < -0.3 is 4.57 Å². The van der Waals surface area contributed by atoms with Crippen molar-refractivity contribution in [2.24, 2.45) is 12.0 Å². The molecule has 0 bridgehead atoms. The molecule has 0 spiro atoms. The lowest BCUT2D eigenvalue weighted by atomic mass is 10.3. The Morgan fingerprint density at radius 1 is 1.32 bits per heavy atom. The standard InChI is InChI=1S/C15H9Cl2N3O3S2/c1-19-14-10(17)6-8(16)7-11(14)25-15(19)18-12(21)4-2-9-3-5-13(24-9)20(22)23/h2-7H,1H3/b4-2+,18-15?. The van der Waals surface area contributed by atoms with Crippen molar-refractivity contribution >= 4 is 73.1 Å². The molecule has 0 fully saturated rings. The number of hydrogen-bond donors (Lipinski definition) is 0. The molecule has 2 aromatic heterocycles. The normalized spacial score (nSPS) is 12.4. The number of hydrogen-bond acceptors (Lipinski definition) is 5. The topological polar surface area (TPSA) is 77.5 Å². The van der Waals surface area contributed by atoms with E-state index in [-0.39, 0.29) is 5.00 Å². The van der Waals surface area contributed by atoms with Crippen molar-refractivity contribution in [3.8, 4) is 0 Å². The number of fused-ring (bicyclic) bond motifs is 1. The van der Waals surface area contributed by atoms with Crippen molar-refractivity contribution in [1.29, 1.82) is 0 Å². The van der Waals surface area contributed by atoms with E-state index in [0.29, 0.717) is 19.7 Å². The number of benzene rings is 1. The van der Waals surface area contributed by atoms with Gasteiger partial charge in [0.25, 0.3) is 5.91 Å². The summed E-state index contributed by atoms with van der Waals surface area (Å²) in [5.74, 6) is -0.472. The minimum atomic E-state index is -0.472. The molecule has 0 saturated heterocycles. The zero-order valence-corrected chi connectivity index (χ0v) is 15.7. The third kappa shape index (κ3) is 3.82. The summed E-state index contributed by atoms with van der Waals surface area (Å²) in [6.07, 6.45) is 2.77. The van der Waals surface area contributed by atoms with E-state index >= 15 is 0 Å². The number of rotatable bonds is 3. The van der Waals surface area contributed by atoms with E-state index in [9.17, 15) is 14.9 Å². The van der Waals surface area contributed by atoms with Crippen molar-refractivity contribution in [2.75, 3.05) is 0 Å². The number of aryl methyl sites for hydroxylation is 1. The molecule has 10 heteroatoms. The van der Waals surface area contributed by atoms with E-state index in [1.54, 1.807) is 29.8 Å². The fraction of sp³-hybridized carbons (Fsp3) is 0.0667. The maximum Gasteiger partial charge on any atom is 0.324 e. The third-order valence-corrected chi connectivity index (χ3v) is 5.79. The number of amides is 1. The summed E-state index contributed by atoms with van der Waals surface area (Å²) in [7, 11) is 1.76. The van der Waals surface area contributed by atoms with Gasteiger partial charge in [0.05, 0.1) is 20.2 Å². The molecule has 0 aliphatic heterocycles. The van der Waals surface area contributed by atoms with Gasteiger partial charge in [0, 0.05) is 29.1 Å². The van der Waals surface area contributed by atoms with Gasteiger partial charge in [-0.2, -0.15) is 4.99 Å². The zero-order chi connectivity index (χ0) is 18.1. The number of carbonyl (C=O) groups is 1. The van der Waals surface area contributed by atoms with E-state index in [4.69, 9.17) is 23.2 Å². The van der Waals surface area contributed by atoms with Crippen molar-refractivity contribution in [1.82, 2.24) is 4.57 Å². The molecule has 3 rings (SSSR count). The van der Waals surface area contributed by atoms with Crippen molar-refractivity contribution in [3.05, 3.63) is 60.2 Å². The molecule has 25 heavy (non-hydrogen) atoms. The van der Waals surface area contributed by atoms with Gasteiger partial charge in [-0.05, 0) is 24.3 Å². The van der Waals surface area contributed by atoms with Gasteiger partial charge in [0.2, 0.25) is 0 Å². The molecule has 0 radical (unpaired) electrons. The number of nitro groups is 1. The second kappa shape index (κ2) is 7.09. The van der Waals surface area contributed by atoms with E-state index in [2.05, 4.69) is 4.99 Å². The molecule has 1 aromatic carbocycles. The maximum atomic E-state index is 12.1. The van der Waals surface area contributed by atoms with Crippen LogP contribution in [0, 0.1) is 10.1 Å². The number of nitrogens with zero attached hydrogens (tertiary/aromatic N) is 3. The van der Waals surface area contributed by atoms with Gasteiger partial charge in [-0.1, -0.05) is 45.9 Å². The Morgan fingerprint density at radius 2 is 2.08 bits per heavy atom. The third-order valence-electron chi connectivity index (χ3n) is 3.21. The van der Waals surface area contributed by atoms with Crippen LogP contribution in [0.1, 0.15) is 4.88 Å². The van der Waals surface area contributed by atoms with Crippen LogP contribution in [0.5, 0.6) is 0 Å². The average Bonchev–Trinajstić information content (AvgIpc) is 3.11. The molecule has 2 heterocycles. The van der Waals surface area contributed by atoms with Crippen LogP contribution >= 0.6 is 45.9 Å². The molecule has 0 aliphatic rings. The highest BCUT2D eigenvalue weighted by Crippen LogP contribution is 2.29. The van der Waals surface area contributed by atoms with E-state index < -0.39 is 10.8 Å². The maximum absolute atomic E-state index is 12.1. The fourth-order valence-electron chi connectivity index (χ4n) is 2.12. The van der Waals surface area contributed by atoms with Gasteiger partial charge in [-0.25, -0.2) is 0 Å². The number of thiophene rings is 1. The highest BCUT2D eigenvalue weighted by Gasteiger charge is 2.10. The summed E-state index contributed by atoms with van der Waals surface area (Å²) >= 11 is 14.5. The summed E-state index contributed by atoms with van der Waals surface area (Å²) < 4.78 is 2.55. The van der Waals surface area contributed by atoms with Gasteiger partial charge >= 0.3 is 5.00 Å². The first kappa shape index (κ1) is 17.8. The molecule has 0 saturated carbocycles. The molecule has 1 amide bonds. The summed E-state index contributed by atoms with van der Waals surface area (Å²) in [6, 6.07) is 6.36. The quantitative estimate of drug-likeness (QED) is 0.355. The number of carbonyl (C=O) groups excluding carboxylic acids is 1. The summed E-state index contributed by atoms with van der Waals surface area (Å²) in [6.45, 7) is 0. The molecular weight excluding hydrogens is 405 g/mol. The molecule has 0 atom stereocenters. The summed E-state index contributed by atoms with van der Waals surface area (Å²) in [5.41, 5.74) is 0.750. The molecule has 0 N–H and O–H groups in total. The Kier molecular flexibility index (Phi) is 5.05. The molecule has 3 aromatic rings. The summed E-state index contributed by atoms with van der Waals surface area (Å²) in [5, 5.41) is 11.7. The molecule has 6 nitrogen and oxygen atoms in total. The van der Waals surface area contributed by atoms with Gasteiger partial charge in [0.1, 0.15) is 0 Å². The van der Waals surface area contributed by atoms with E-state index in [1.807, 2.05) is 0 Å². The molecule has 0 aliphatic carbocycles. The van der Waals surface area contributed by atoms with Crippen LogP contribution in [0.15, 0.2) is 35.3 Å². The first-order valence-electron chi connectivity index (χ1n) is 6.81. The van der Waals surface area contributed by atoms with Crippen LogP contribution in [0.2, 0.25) is 10.0 Å². The largest absolute Gasteiger partial charge is 0.324 e. The number of thiazole rings is 1. The number of aromatic nitrogens is 1. The SMILES string of the molecule is Cn1c(=NC(=O)/C=C/c2ccc([N+](=O)[O-])s2)sc2cc(Cl)cc(Cl)c21. The lowest BCUT2D eigenvalue weighted by Gasteiger charge is -1.98. The molecule has 128 valence electrons. The predicted molar refractivity (Wildman–Crippen MR) is 101 cm³/mol. The van der Waals surface area contributed by atoms with Crippen LogP contribution < -0.4 is 4.80 Å². The second-order valence-electron chi connectivity index (χ2n) is 4.89. The Hall–Kier alpha value is -2.00. The van der Waals surface area contributed by atoms with Crippen LogP contribution in [-0.2, 0) is 11.8 Å². The van der Waals surface area contributed by atoms with Crippen molar-refractivity contribution < 1.29 is 9.72 Å². The summed E-state index contributed by atoms with van der Waals surface area (Å²) in [4.78, 5) is 27.4. The van der Waals surface area contributed by atoms with Crippen LogP contribution in [-0.4, -0.2) is 15.4 Å². The second-order valence-corrected chi connectivity index (χ2v) is 7.84. The lowest BCUT2D eigenvalue weighted by Crippen LogP contribution is -2.12. The van der Waals surface area contributed by atoms with Crippen LogP contribution in [0.4, 0.5) is 5.00 Å². The van der Waals surface area contributed by atoms with E-state index in [1.165, 1.54) is 29.6 Å². The minimum absolute atomic E-state index is 0.0199. The first-order chi connectivity index (χ1) is 11.8. The monoisotopic (exact) mass is 413 g/mol. The van der Waals surface area contributed by atoms with Gasteiger partial charge in [-0.15, -0.1) is 0 Å². The average molecular weight is 414 g/mol. The zero-order valence-electron chi connectivity index (χ0n) is 12.6. The smallest absolute Gasteiger partial charge is 0.318 e. The molecular formula is C15H9Cl2N3O3S2. The highest BCUT2D eigenvalue weighted by molar-refractivity contribution is 7.16. The highest BCUT2D eigenvalue weighted by atomic mass is 35.5. The van der Waals surface area contributed by atoms with Crippen molar-refractivity contribution in [3.63, 3.8) is 0 Å². The Morgan fingerprint density at radius 3 is 2.76 bits per heavy atom. The Balaban J connectivity index is 1.92. The van der Waals surface area contributed by atoms with E-state index in [0.717, 1.165) is 21.6 Å². The van der Waals surface area contributed by atoms with Gasteiger partial charge in [0.15, 0.2) is 4.80 Å². The Bertz CT molecular complexity index is 1100. The Labute approximate surface area is 159 Å². The molecule has 0 unspecified atom stereocenters. The lowest BCUT2D eigenvalue weighted by molar-refractivity contribution is -0.380. The predicted octanol–water partition coefficient (Wildman–Crippen LogP) is 4.66. The van der Waals surface area contributed by atoms with Crippen LogP contribution in [0.3, 0.4) is 0 Å². The fourth-order valence-corrected chi connectivity index (χ4v) is 4.68. The van der Waals surface area contributed by atoms with Crippen molar-refractivity contribution in [2.45, 2.75) is 0 Å². The first-order valence-corrected chi connectivity index (χ1v) is 9.19.